The Hall–Kier alpha value is -0.600. The Bertz CT molecular complexity index is 397. The van der Waals surface area contributed by atoms with Gasteiger partial charge in [0.15, 0.2) is 0 Å². The number of ether oxygens (including phenoxy) is 1. The Kier molecular flexibility index (Phi) is 8.28. The van der Waals surface area contributed by atoms with Gasteiger partial charge in [0, 0.05) is 11.7 Å². The molecule has 0 heterocycles. The van der Waals surface area contributed by atoms with Crippen LogP contribution >= 0.6 is 7.37 Å². The topological polar surface area (TPSA) is 52.6 Å². The Morgan fingerprint density at radius 1 is 1.14 bits per heavy atom. The molecule has 0 amide bonds. The molecule has 4 nitrogen and oxygen atoms in total. The first-order valence-electron chi connectivity index (χ1n) is 8.15. The highest BCUT2D eigenvalue weighted by atomic mass is 31.2. The molecule has 1 rings (SSSR count). The minimum atomic E-state index is -2.77. The summed E-state index contributed by atoms with van der Waals surface area (Å²) in [7, 11) is -2.77. The number of carbonyl (C=O) groups is 1. The molecule has 0 spiro atoms. The average molecular weight is 316 g/mol. The quantitative estimate of drug-likeness (QED) is 0.378. The van der Waals surface area contributed by atoms with Gasteiger partial charge in [-0.1, -0.05) is 32.3 Å². The molecule has 0 saturated heterocycles. The van der Waals surface area contributed by atoms with Crippen molar-refractivity contribution < 1.29 is 18.6 Å². The highest BCUT2D eigenvalue weighted by molar-refractivity contribution is 7.59. The van der Waals surface area contributed by atoms with Gasteiger partial charge in [-0.2, -0.15) is 0 Å². The molecule has 0 bridgehead atoms. The van der Waals surface area contributed by atoms with Crippen LogP contribution in [0.2, 0.25) is 0 Å². The van der Waals surface area contributed by atoms with E-state index in [0.717, 1.165) is 12.8 Å². The third-order valence-electron chi connectivity index (χ3n) is 3.88. The number of hydrogen-bond donors (Lipinski definition) is 0. The normalized spacial score (nSPS) is 20.0. The zero-order valence-electron chi connectivity index (χ0n) is 13.6. The van der Waals surface area contributed by atoms with Crippen molar-refractivity contribution in [2.45, 2.75) is 52.9 Å². The fraction of sp³-hybridized carbons (Fsp3) is 0.812. The molecule has 1 saturated carbocycles. The van der Waals surface area contributed by atoms with Gasteiger partial charge in [-0.15, -0.1) is 0 Å². The number of hydrogen-bond acceptors (Lipinski definition) is 4. The molecule has 5 heteroatoms. The molecule has 0 N–H and O–H groups in total. The Morgan fingerprint density at radius 2 is 1.81 bits per heavy atom. The van der Waals surface area contributed by atoms with Crippen LogP contribution < -0.4 is 0 Å². The average Bonchev–Trinajstić information content (AvgIpc) is 2.48. The molecule has 1 aliphatic rings. The summed E-state index contributed by atoms with van der Waals surface area (Å²) in [6, 6.07) is 0. The minimum absolute atomic E-state index is 0.201. The van der Waals surface area contributed by atoms with E-state index in [4.69, 9.17) is 9.26 Å². The summed E-state index contributed by atoms with van der Waals surface area (Å²) >= 11 is 0. The van der Waals surface area contributed by atoms with Gasteiger partial charge in [-0.05, 0) is 32.6 Å². The highest BCUT2D eigenvalue weighted by Crippen LogP contribution is 2.48. The van der Waals surface area contributed by atoms with Crippen LogP contribution in [0.4, 0.5) is 0 Å². The van der Waals surface area contributed by atoms with Gasteiger partial charge < -0.3 is 9.26 Å². The van der Waals surface area contributed by atoms with Crippen molar-refractivity contribution in [3.05, 3.63) is 11.6 Å². The van der Waals surface area contributed by atoms with Crippen molar-refractivity contribution in [2.75, 3.05) is 25.5 Å². The first-order chi connectivity index (χ1) is 10.0. The summed E-state index contributed by atoms with van der Waals surface area (Å²) in [4.78, 5) is 12.1. The van der Waals surface area contributed by atoms with Gasteiger partial charge in [0.2, 0.25) is 7.37 Å². The van der Waals surface area contributed by atoms with E-state index in [-0.39, 0.29) is 12.1 Å². The molecule has 1 aliphatic carbocycles. The Balaban J connectivity index is 2.87. The third-order valence-corrected chi connectivity index (χ3v) is 6.40. The molecule has 0 aromatic rings. The summed E-state index contributed by atoms with van der Waals surface area (Å²) in [5.41, 5.74) is 0.544. The number of carbonyl (C=O) groups excluding carboxylic acids is 1. The number of esters is 1. The minimum Gasteiger partial charge on any atom is -0.463 e. The SMILES string of the molecule is CCOC(=O)/C(=C/C1CCCCC1)CP(=O)(CC)OCC. The fourth-order valence-corrected chi connectivity index (χ4v) is 4.46. The van der Waals surface area contributed by atoms with Crippen LogP contribution in [0.15, 0.2) is 11.6 Å². The van der Waals surface area contributed by atoms with Crippen molar-refractivity contribution in [3.63, 3.8) is 0 Å². The molecule has 1 unspecified atom stereocenters. The monoisotopic (exact) mass is 316 g/mol. The maximum atomic E-state index is 12.7. The van der Waals surface area contributed by atoms with E-state index in [1.165, 1.54) is 19.3 Å². The number of allylic oxidation sites excluding steroid dienone is 1. The van der Waals surface area contributed by atoms with E-state index >= 15 is 0 Å². The Labute approximate surface area is 128 Å². The van der Waals surface area contributed by atoms with E-state index in [2.05, 4.69) is 0 Å². The molecular weight excluding hydrogens is 287 g/mol. The van der Waals surface area contributed by atoms with Gasteiger partial charge in [-0.25, -0.2) is 4.79 Å². The maximum Gasteiger partial charge on any atom is 0.334 e. The molecule has 1 atom stereocenters. The van der Waals surface area contributed by atoms with E-state index in [1.54, 1.807) is 6.92 Å². The zero-order chi connectivity index (χ0) is 15.7. The summed E-state index contributed by atoms with van der Waals surface area (Å²) in [6.07, 6.45) is 8.53. The van der Waals surface area contributed by atoms with Gasteiger partial charge >= 0.3 is 5.97 Å². The molecule has 0 aromatic carbocycles. The lowest BCUT2D eigenvalue weighted by Gasteiger charge is -2.21. The molecule has 0 aromatic heterocycles. The molecule has 122 valence electrons. The predicted octanol–water partition coefficient (Wildman–Crippen LogP) is 4.39. The van der Waals surface area contributed by atoms with Crippen LogP contribution in [-0.4, -0.2) is 31.5 Å². The van der Waals surface area contributed by atoms with Crippen molar-refractivity contribution in [1.82, 2.24) is 0 Å². The van der Waals surface area contributed by atoms with Crippen LogP contribution in [0.25, 0.3) is 0 Å². The van der Waals surface area contributed by atoms with Gasteiger partial charge in [0.05, 0.1) is 19.4 Å². The van der Waals surface area contributed by atoms with E-state index in [1.807, 2.05) is 19.9 Å². The molecule has 21 heavy (non-hydrogen) atoms. The lowest BCUT2D eigenvalue weighted by atomic mass is 9.88. The van der Waals surface area contributed by atoms with Crippen LogP contribution in [0.3, 0.4) is 0 Å². The van der Waals surface area contributed by atoms with E-state index < -0.39 is 7.37 Å². The van der Waals surface area contributed by atoms with Crippen molar-refractivity contribution in [1.29, 1.82) is 0 Å². The summed E-state index contributed by atoms with van der Waals surface area (Å²) in [6.45, 7) is 6.21. The second-order valence-electron chi connectivity index (χ2n) is 5.52. The van der Waals surface area contributed by atoms with Crippen molar-refractivity contribution >= 4 is 13.3 Å². The molecule has 0 aliphatic heterocycles. The molecular formula is C16H29O4P. The predicted molar refractivity (Wildman–Crippen MR) is 85.9 cm³/mol. The summed E-state index contributed by atoms with van der Waals surface area (Å²) < 4.78 is 23.2. The fourth-order valence-electron chi connectivity index (χ4n) is 2.74. The lowest BCUT2D eigenvalue weighted by Crippen LogP contribution is -2.15. The van der Waals surface area contributed by atoms with Gasteiger partial charge in [0.25, 0.3) is 0 Å². The standard InChI is InChI=1S/C16H29O4P/c1-4-19-16(17)15(12-14-10-8-7-9-11-14)13-21(18,6-3)20-5-2/h12,14H,4-11,13H2,1-3H3/b15-12+. The van der Waals surface area contributed by atoms with Crippen molar-refractivity contribution in [3.8, 4) is 0 Å². The summed E-state index contributed by atoms with van der Waals surface area (Å²) in [5.74, 6) is 0.0709. The first kappa shape index (κ1) is 18.4. The first-order valence-corrected chi connectivity index (χ1v) is 10.1. The zero-order valence-corrected chi connectivity index (χ0v) is 14.5. The maximum absolute atomic E-state index is 12.7. The largest absolute Gasteiger partial charge is 0.463 e. The second kappa shape index (κ2) is 9.42. The lowest BCUT2D eigenvalue weighted by molar-refractivity contribution is -0.138. The summed E-state index contributed by atoms with van der Waals surface area (Å²) in [5, 5.41) is 0. The Morgan fingerprint density at radius 3 is 2.33 bits per heavy atom. The van der Waals surface area contributed by atoms with E-state index in [0.29, 0.717) is 30.9 Å². The third kappa shape index (κ3) is 6.36. The van der Waals surface area contributed by atoms with Crippen LogP contribution in [-0.2, 0) is 18.6 Å². The van der Waals surface area contributed by atoms with Gasteiger partial charge in [0.1, 0.15) is 0 Å². The molecule has 0 radical (unpaired) electrons. The van der Waals surface area contributed by atoms with Crippen LogP contribution in [0.1, 0.15) is 52.9 Å². The number of rotatable bonds is 8. The van der Waals surface area contributed by atoms with Crippen LogP contribution in [0.5, 0.6) is 0 Å². The van der Waals surface area contributed by atoms with Gasteiger partial charge in [-0.3, -0.25) is 4.57 Å². The van der Waals surface area contributed by atoms with Crippen LogP contribution in [0, 0.1) is 5.92 Å². The second-order valence-corrected chi connectivity index (χ2v) is 8.35. The smallest absolute Gasteiger partial charge is 0.334 e. The van der Waals surface area contributed by atoms with E-state index in [9.17, 15) is 9.36 Å². The highest BCUT2D eigenvalue weighted by Gasteiger charge is 2.27. The molecule has 1 fully saturated rings. The van der Waals surface area contributed by atoms with Crippen molar-refractivity contribution in [2.24, 2.45) is 5.92 Å².